The van der Waals surface area contributed by atoms with Gasteiger partial charge in [0.05, 0.1) is 5.69 Å². The van der Waals surface area contributed by atoms with Gasteiger partial charge in [0, 0.05) is 18.3 Å². The number of piperidine rings is 1. The smallest absolute Gasteiger partial charge is 0.263 e. The zero-order chi connectivity index (χ0) is 14.0. The van der Waals surface area contributed by atoms with Gasteiger partial charge in [-0.3, -0.25) is 5.84 Å². The number of anilines is 1. The van der Waals surface area contributed by atoms with E-state index in [1.807, 2.05) is 13.8 Å². The SMILES string of the molecule is CC1CCCC(C)N1S(=O)(=O)c1ncccc1NN. The summed E-state index contributed by atoms with van der Waals surface area (Å²) in [5, 5.41) is -0.00176. The lowest BCUT2D eigenvalue weighted by Crippen LogP contribution is -2.47. The van der Waals surface area contributed by atoms with E-state index < -0.39 is 10.0 Å². The maximum absolute atomic E-state index is 12.8. The molecule has 2 heterocycles. The zero-order valence-electron chi connectivity index (χ0n) is 11.2. The molecular formula is C12H20N4O2S. The molecule has 1 saturated heterocycles. The number of hydrogen-bond acceptors (Lipinski definition) is 5. The molecule has 106 valence electrons. The molecule has 0 radical (unpaired) electrons. The van der Waals surface area contributed by atoms with Crippen LogP contribution in [0.4, 0.5) is 5.69 Å². The molecule has 0 aromatic carbocycles. The standard InChI is InChI=1S/C12H20N4O2S/c1-9-5-3-6-10(2)16(9)19(17,18)12-11(15-13)7-4-8-14-12/h4,7-10,15H,3,5-6,13H2,1-2H3. The van der Waals surface area contributed by atoms with E-state index in [9.17, 15) is 8.42 Å². The van der Waals surface area contributed by atoms with Crippen molar-refractivity contribution in [1.82, 2.24) is 9.29 Å². The number of aromatic nitrogens is 1. The first-order chi connectivity index (χ1) is 8.98. The Hall–Kier alpha value is -1.18. The number of nitrogens with two attached hydrogens (primary N) is 1. The van der Waals surface area contributed by atoms with Crippen LogP contribution in [0.25, 0.3) is 0 Å². The van der Waals surface area contributed by atoms with Gasteiger partial charge in [-0.2, -0.15) is 4.31 Å². The molecule has 7 heteroatoms. The van der Waals surface area contributed by atoms with E-state index >= 15 is 0 Å². The summed E-state index contributed by atoms with van der Waals surface area (Å²) in [5.74, 6) is 5.37. The van der Waals surface area contributed by atoms with E-state index in [0.717, 1.165) is 19.3 Å². The quantitative estimate of drug-likeness (QED) is 0.645. The number of sulfonamides is 1. The van der Waals surface area contributed by atoms with Crippen molar-refractivity contribution in [2.24, 2.45) is 5.84 Å². The summed E-state index contributed by atoms with van der Waals surface area (Å²) in [5.41, 5.74) is 2.73. The molecule has 2 rings (SSSR count). The third-order valence-electron chi connectivity index (χ3n) is 3.56. The zero-order valence-corrected chi connectivity index (χ0v) is 12.0. The fourth-order valence-electron chi connectivity index (χ4n) is 2.68. The van der Waals surface area contributed by atoms with Crippen LogP contribution in [0.3, 0.4) is 0 Å². The van der Waals surface area contributed by atoms with Crippen LogP contribution in [0.1, 0.15) is 33.1 Å². The lowest BCUT2D eigenvalue weighted by atomic mass is 10.0. The van der Waals surface area contributed by atoms with Crippen molar-refractivity contribution in [1.29, 1.82) is 0 Å². The Morgan fingerprint density at radius 3 is 2.58 bits per heavy atom. The maximum atomic E-state index is 12.8. The van der Waals surface area contributed by atoms with Crippen molar-refractivity contribution in [3.05, 3.63) is 18.3 Å². The van der Waals surface area contributed by atoms with Gasteiger partial charge in [-0.1, -0.05) is 6.42 Å². The average Bonchev–Trinajstić information content (AvgIpc) is 2.38. The molecule has 0 aliphatic carbocycles. The Morgan fingerprint density at radius 1 is 1.37 bits per heavy atom. The van der Waals surface area contributed by atoms with Crippen LogP contribution in [0.5, 0.6) is 0 Å². The van der Waals surface area contributed by atoms with Crippen molar-refractivity contribution in [3.63, 3.8) is 0 Å². The van der Waals surface area contributed by atoms with Gasteiger partial charge >= 0.3 is 0 Å². The largest absolute Gasteiger partial charge is 0.321 e. The lowest BCUT2D eigenvalue weighted by Gasteiger charge is -2.37. The molecule has 1 aliphatic heterocycles. The fraction of sp³-hybridized carbons (Fsp3) is 0.583. The predicted molar refractivity (Wildman–Crippen MR) is 73.8 cm³/mol. The van der Waals surface area contributed by atoms with Gasteiger partial charge in [0.15, 0.2) is 5.03 Å². The minimum absolute atomic E-state index is 0.00176. The lowest BCUT2D eigenvalue weighted by molar-refractivity contribution is 0.204. The van der Waals surface area contributed by atoms with Crippen LogP contribution in [0.2, 0.25) is 0 Å². The molecule has 1 fully saturated rings. The van der Waals surface area contributed by atoms with Gasteiger partial charge in [-0.25, -0.2) is 13.4 Å². The van der Waals surface area contributed by atoms with E-state index in [2.05, 4.69) is 10.4 Å². The van der Waals surface area contributed by atoms with Crippen LogP contribution < -0.4 is 11.3 Å². The highest BCUT2D eigenvalue weighted by molar-refractivity contribution is 7.89. The van der Waals surface area contributed by atoms with Gasteiger partial charge < -0.3 is 5.43 Å². The van der Waals surface area contributed by atoms with Crippen molar-refractivity contribution >= 4 is 15.7 Å². The van der Waals surface area contributed by atoms with Crippen LogP contribution in [0, 0.1) is 0 Å². The minimum atomic E-state index is -3.62. The van der Waals surface area contributed by atoms with Crippen LogP contribution in [0.15, 0.2) is 23.4 Å². The van der Waals surface area contributed by atoms with Gasteiger partial charge in [0.1, 0.15) is 0 Å². The van der Waals surface area contributed by atoms with E-state index in [0.29, 0.717) is 5.69 Å². The molecule has 0 amide bonds. The molecule has 2 unspecified atom stereocenters. The van der Waals surface area contributed by atoms with Crippen LogP contribution in [-0.4, -0.2) is 29.8 Å². The Bertz CT molecular complexity index is 536. The first-order valence-corrected chi connectivity index (χ1v) is 7.87. The maximum Gasteiger partial charge on any atom is 0.263 e. The Labute approximate surface area is 114 Å². The van der Waals surface area contributed by atoms with E-state index in [1.165, 1.54) is 6.20 Å². The number of nitrogen functional groups attached to an aromatic ring is 1. The predicted octanol–water partition coefficient (Wildman–Crippen LogP) is 1.32. The summed E-state index contributed by atoms with van der Waals surface area (Å²) in [6.07, 6.45) is 4.27. The molecule has 1 aromatic rings. The third-order valence-corrected chi connectivity index (χ3v) is 5.65. The summed E-state index contributed by atoms with van der Waals surface area (Å²) in [7, 11) is -3.62. The summed E-state index contributed by atoms with van der Waals surface area (Å²) < 4.78 is 27.1. The molecule has 6 nitrogen and oxygen atoms in total. The highest BCUT2D eigenvalue weighted by Crippen LogP contribution is 2.31. The van der Waals surface area contributed by atoms with Crippen molar-refractivity contribution in [2.45, 2.75) is 50.2 Å². The highest BCUT2D eigenvalue weighted by Gasteiger charge is 2.37. The number of nitrogens with one attached hydrogen (secondary N) is 1. The Morgan fingerprint density at radius 2 is 2.00 bits per heavy atom. The topological polar surface area (TPSA) is 88.3 Å². The Balaban J connectivity index is 2.46. The van der Waals surface area contributed by atoms with Gasteiger partial charge in [0.2, 0.25) is 0 Å². The molecule has 3 N–H and O–H groups in total. The summed E-state index contributed by atoms with van der Waals surface area (Å²) in [6.45, 7) is 3.87. The third kappa shape index (κ3) is 2.58. The van der Waals surface area contributed by atoms with E-state index in [4.69, 9.17) is 5.84 Å². The van der Waals surface area contributed by atoms with Crippen LogP contribution >= 0.6 is 0 Å². The summed E-state index contributed by atoms with van der Waals surface area (Å²) in [4.78, 5) is 3.99. The second kappa shape index (κ2) is 5.44. The van der Waals surface area contributed by atoms with Crippen molar-refractivity contribution in [2.75, 3.05) is 5.43 Å². The normalized spacial score (nSPS) is 25.2. The molecular weight excluding hydrogens is 264 g/mol. The number of hydrogen-bond donors (Lipinski definition) is 2. The summed E-state index contributed by atoms with van der Waals surface area (Å²) in [6, 6.07) is 3.24. The number of hydrazine groups is 1. The number of nitrogens with zero attached hydrogens (tertiary/aromatic N) is 2. The fourth-order valence-corrected chi connectivity index (χ4v) is 4.63. The second-order valence-electron chi connectivity index (χ2n) is 4.96. The van der Waals surface area contributed by atoms with Gasteiger partial charge in [-0.15, -0.1) is 0 Å². The monoisotopic (exact) mass is 284 g/mol. The minimum Gasteiger partial charge on any atom is -0.321 e. The molecule has 1 aromatic heterocycles. The van der Waals surface area contributed by atoms with Crippen molar-refractivity contribution < 1.29 is 8.42 Å². The van der Waals surface area contributed by atoms with Crippen LogP contribution in [-0.2, 0) is 10.0 Å². The Kier molecular flexibility index (Phi) is 4.07. The summed E-state index contributed by atoms with van der Waals surface area (Å²) >= 11 is 0. The molecule has 0 saturated carbocycles. The van der Waals surface area contributed by atoms with Crippen molar-refractivity contribution in [3.8, 4) is 0 Å². The van der Waals surface area contributed by atoms with E-state index in [1.54, 1.807) is 16.4 Å². The second-order valence-corrected chi connectivity index (χ2v) is 6.72. The highest BCUT2D eigenvalue weighted by atomic mass is 32.2. The number of pyridine rings is 1. The number of rotatable bonds is 3. The molecule has 0 spiro atoms. The molecule has 0 bridgehead atoms. The molecule has 19 heavy (non-hydrogen) atoms. The van der Waals surface area contributed by atoms with E-state index in [-0.39, 0.29) is 17.1 Å². The molecule has 2 atom stereocenters. The first-order valence-electron chi connectivity index (χ1n) is 6.43. The average molecular weight is 284 g/mol. The molecule has 1 aliphatic rings. The first kappa shape index (κ1) is 14.2. The van der Waals surface area contributed by atoms with Gasteiger partial charge in [-0.05, 0) is 38.8 Å². The van der Waals surface area contributed by atoms with Gasteiger partial charge in [0.25, 0.3) is 10.0 Å².